The minimum Gasteiger partial charge on any atom is -0.493 e. The van der Waals surface area contributed by atoms with E-state index in [1.807, 2.05) is 30.3 Å². The molecule has 0 aliphatic rings. The van der Waals surface area contributed by atoms with Crippen LogP contribution in [0.15, 0.2) is 59.1 Å². The summed E-state index contributed by atoms with van der Waals surface area (Å²) >= 11 is 15.8. The SMILES string of the molecule is COc1cc(CNc2cccc(C)c2)cc(Br)c1OCc1ccc(Cl)cc1Cl. The van der Waals surface area contributed by atoms with E-state index in [1.165, 1.54) is 5.56 Å². The molecule has 0 saturated carbocycles. The molecular weight excluding hydrogens is 461 g/mol. The lowest BCUT2D eigenvalue weighted by Gasteiger charge is -2.16. The van der Waals surface area contributed by atoms with Crippen molar-refractivity contribution in [3.63, 3.8) is 0 Å². The van der Waals surface area contributed by atoms with Crippen LogP contribution in [-0.4, -0.2) is 7.11 Å². The number of anilines is 1. The number of halogens is 3. The van der Waals surface area contributed by atoms with Crippen LogP contribution in [0.4, 0.5) is 5.69 Å². The van der Waals surface area contributed by atoms with Crippen molar-refractivity contribution < 1.29 is 9.47 Å². The van der Waals surface area contributed by atoms with Gasteiger partial charge in [-0.2, -0.15) is 0 Å². The molecule has 0 aliphatic carbocycles. The lowest BCUT2D eigenvalue weighted by molar-refractivity contribution is 0.282. The van der Waals surface area contributed by atoms with Crippen molar-refractivity contribution in [2.75, 3.05) is 12.4 Å². The molecule has 0 fully saturated rings. The predicted molar refractivity (Wildman–Crippen MR) is 120 cm³/mol. The number of benzene rings is 3. The summed E-state index contributed by atoms with van der Waals surface area (Å²) in [5, 5.41) is 4.59. The molecule has 0 atom stereocenters. The number of aryl methyl sites for hydroxylation is 1. The Bertz CT molecular complexity index is 979. The van der Waals surface area contributed by atoms with E-state index in [-0.39, 0.29) is 0 Å². The first-order valence-corrected chi connectivity index (χ1v) is 10.2. The fourth-order valence-electron chi connectivity index (χ4n) is 2.76. The zero-order chi connectivity index (χ0) is 20.1. The summed E-state index contributed by atoms with van der Waals surface area (Å²) in [6.07, 6.45) is 0. The Labute approximate surface area is 183 Å². The van der Waals surface area contributed by atoms with Gasteiger partial charge < -0.3 is 14.8 Å². The van der Waals surface area contributed by atoms with Crippen molar-refractivity contribution in [1.29, 1.82) is 0 Å². The van der Waals surface area contributed by atoms with Crippen LogP contribution in [0.25, 0.3) is 0 Å². The summed E-state index contributed by atoms with van der Waals surface area (Å²) in [5.74, 6) is 1.29. The van der Waals surface area contributed by atoms with Gasteiger partial charge in [0, 0.05) is 27.8 Å². The van der Waals surface area contributed by atoms with Gasteiger partial charge in [-0.3, -0.25) is 0 Å². The van der Waals surface area contributed by atoms with Crippen LogP contribution < -0.4 is 14.8 Å². The molecule has 0 amide bonds. The molecule has 1 N–H and O–H groups in total. The highest BCUT2D eigenvalue weighted by Gasteiger charge is 2.13. The fourth-order valence-corrected chi connectivity index (χ4v) is 3.83. The Balaban J connectivity index is 1.73. The van der Waals surface area contributed by atoms with Crippen molar-refractivity contribution >= 4 is 44.8 Å². The third kappa shape index (κ3) is 5.34. The van der Waals surface area contributed by atoms with Gasteiger partial charge in [-0.1, -0.05) is 41.4 Å². The highest BCUT2D eigenvalue weighted by atomic mass is 79.9. The standard InChI is InChI=1S/C22H20BrCl2NO2/c1-14-4-3-5-18(8-14)26-12-15-9-19(23)22(21(10-15)27-2)28-13-16-6-7-17(24)11-20(16)25/h3-11,26H,12-13H2,1-2H3. The number of hydrogen-bond acceptors (Lipinski definition) is 3. The molecule has 0 heterocycles. The van der Waals surface area contributed by atoms with Crippen molar-refractivity contribution in [2.45, 2.75) is 20.1 Å². The van der Waals surface area contributed by atoms with Gasteiger partial charge in [0.1, 0.15) is 6.61 Å². The number of ether oxygens (including phenoxy) is 2. The second kappa shape index (κ2) is 9.55. The predicted octanol–water partition coefficient (Wildman–Crippen LogP) is 7.26. The van der Waals surface area contributed by atoms with Crippen LogP contribution >= 0.6 is 39.1 Å². The first-order chi connectivity index (χ1) is 13.5. The quantitative estimate of drug-likeness (QED) is 0.385. The summed E-state index contributed by atoms with van der Waals surface area (Å²) in [7, 11) is 1.63. The van der Waals surface area contributed by atoms with Gasteiger partial charge in [-0.15, -0.1) is 0 Å². The van der Waals surface area contributed by atoms with Gasteiger partial charge in [0.2, 0.25) is 0 Å². The van der Waals surface area contributed by atoms with Crippen LogP contribution in [-0.2, 0) is 13.2 Å². The number of hydrogen-bond donors (Lipinski definition) is 1. The van der Waals surface area contributed by atoms with E-state index in [4.69, 9.17) is 32.7 Å². The Kier molecular flexibility index (Phi) is 7.11. The van der Waals surface area contributed by atoms with Gasteiger partial charge in [0.05, 0.1) is 11.6 Å². The Morgan fingerprint density at radius 3 is 2.57 bits per heavy atom. The molecule has 0 saturated heterocycles. The highest BCUT2D eigenvalue weighted by Crippen LogP contribution is 2.38. The van der Waals surface area contributed by atoms with Gasteiger partial charge >= 0.3 is 0 Å². The summed E-state index contributed by atoms with van der Waals surface area (Å²) in [6, 6.07) is 17.6. The minimum absolute atomic E-state index is 0.311. The Morgan fingerprint density at radius 1 is 1.04 bits per heavy atom. The average Bonchev–Trinajstić information content (AvgIpc) is 2.66. The monoisotopic (exact) mass is 479 g/mol. The topological polar surface area (TPSA) is 30.5 Å². The molecule has 0 spiro atoms. The van der Waals surface area contributed by atoms with Crippen LogP contribution in [0.5, 0.6) is 11.5 Å². The molecule has 0 radical (unpaired) electrons. The summed E-state index contributed by atoms with van der Waals surface area (Å²) in [6.45, 7) is 3.05. The molecule has 6 heteroatoms. The van der Waals surface area contributed by atoms with Crippen LogP contribution in [0.2, 0.25) is 10.0 Å². The number of rotatable bonds is 7. The smallest absolute Gasteiger partial charge is 0.175 e. The van der Waals surface area contributed by atoms with Crippen LogP contribution in [0.3, 0.4) is 0 Å². The molecular formula is C22H20BrCl2NO2. The molecule has 0 aliphatic heterocycles. The lowest BCUT2D eigenvalue weighted by Crippen LogP contribution is -2.03. The van der Waals surface area contributed by atoms with E-state index in [0.29, 0.717) is 34.7 Å². The Hall–Kier alpha value is -1.88. The van der Waals surface area contributed by atoms with E-state index < -0.39 is 0 Å². The molecule has 0 unspecified atom stereocenters. The number of nitrogens with one attached hydrogen (secondary N) is 1. The van der Waals surface area contributed by atoms with E-state index in [2.05, 4.69) is 40.3 Å². The zero-order valence-electron chi connectivity index (χ0n) is 15.6. The van der Waals surface area contributed by atoms with E-state index in [9.17, 15) is 0 Å². The third-order valence-corrected chi connectivity index (χ3v) is 5.37. The second-order valence-corrected chi connectivity index (χ2v) is 8.05. The molecule has 146 valence electrons. The van der Waals surface area contributed by atoms with Gasteiger partial charge in [-0.25, -0.2) is 0 Å². The second-order valence-electron chi connectivity index (χ2n) is 6.36. The lowest BCUT2D eigenvalue weighted by atomic mass is 10.1. The molecule has 3 nitrogen and oxygen atoms in total. The summed E-state index contributed by atoms with van der Waals surface area (Å²) < 4.78 is 12.3. The molecule has 0 aromatic heterocycles. The summed E-state index contributed by atoms with van der Waals surface area (Å²) in [5.41, 5.74) is 4.22. The zero-order valence-corrected chi connectivity index (χ0v) is 18.7. The van der Waals surface area contributed by atoms with Gasteiger partial charge in [-0.05, 0) is 70.4 Å². The number of methoxy groups -OCH3 is 1. The first-order valence-electron chi connectivity index (χ1n) is 8.70. The molecule has 3 rings (SSSR count). The maximum atomic E-state index is 6.23. The fraction of sp³-hybridized carbons (Fsp3) is 0.182. The van der Waals surface area contributed by atoms with Crippen molar-refractivity contribution in [3.05, 3.63) is 85.8 Å². The van der Waals surface area contributed by atoms with Gasteiger partial charge in [0.25, 0.3) is 0 Å². The average molecular weight is 481 g/mol. The largest absolute Gasteiger partial charge is 0.493 e. The van der Waals surface area contributed by atoms with Gasteiger partial charge in [0.15, 0.2) is 11.5 Å². The maximum Gasteiger partial charge on any atom is 0.175 e. The molecule has 3 aromatic rings. The normalized spacial score (nSPS) is 10.6. The molecule has 0 bridgehead atoms. The van der Waals surface area contributed by atoms with E-state index in [1.54, 1.807) is 19.2 Å². The molecule has 28 heavy (non-hydrogen) atoms. The minimum atomic E-state index is 0.311. The van der Waals surface area contributed by atoms with Crippen molar-refractivity contribution in [3.8, 4) is 11.5 Å². The summed E-state index contributed by atoms with van der Waals surface area (Å²) in [4.78, 5) is 0. The van der Waals surface area contributed by atoms with Crippen LogP contribution in [0, 0.1) is 6.92 Å². The highest BCUT2D eigenvalue weighted by molar-refractivity contribution is 9.10. The van der Waals surface area contributed by atoms with Crippen molar-refractivity contribution in [2.24, 2.45) is 0 Å². The third-order valence-electron chi connectivity index (χ3n) is 4.19. The van der Waals surface area contributed by atoms with E-state index in [0.717, 1.165) is 21.3 Å². The Morgan fingerprint density at radius 2 is 1.86 bits per heavy atom. The van der Waals surface area contributed by atoms with E-state index >= 15 is 0 Å². The van der Waals surface area contributed by atoms with Crippen molar-refractivity contribution in [1.82, 2.24) is 0 Å². The first kappa shape index (κ1) is 20.8. The maximum absolute atomic E-state index is 6.23. The van der Waals surface area contributed by atoms with Crippen LogP contribution in [0.1, 0.15) is 16.7 Å². The molecule has 3 aromatic carbocycles.